The van der Waals surface area contributed by atoms with Crippen LogP contribution in [0.5, 0.6) is 0 Å². The highest BCUT2D eigenvalue weighted by Gasteiger charge is 2.18. The summed E-state index contributed by atoms with van der Waals surface area (Å²) in [6.45, 7) is 11.9. The third-order valence-electron chi connectivity index (χ3n) is 2.09. The zero-order valence-electron chi connectivity index (χ0n) is 7.29. The van der Waals surface area contributed by atoms with Gasteiger partial charge in [-0.3, -0.25) is 9.64 Å². The molecule has 0 unspecified atom stereocenters. The van der Waals surface area contributed by atoms with Crippen LogP contribution in [0.2, 0.25) is 0 Å². The number of amides is 1. The molecule has 1 rings (SSSR count). The Labute approximate surface area is 72.6 Å². The number of hydrogen-bond acceptors (Lipinski definition) is 2. The second kappa shape index (κ2) is 4.07. The van der Waals surface area contributed by atoms with Gasteiger partial charge < -0.3 is 4.90 Å². The summed E-state index contributed by atoms with van der Waals surface area (Å²) in [5.41, 5.74) is 0. The van der Waals surface area contributed by atoms with Gasteiger partial charge in [0.15, 0.2) is 0 Å². The molecule has 1 aliphatic rings. The van der Waals surface area contributed by atoms with E-state index in [1.807, 2.05) is 4.90 Å². The fourth-order valence-electron chi connectivity index (χ4n) is 1.30. The summed E-state index contributed by atoms with van der Waals surface area (Å²) in [6, 6.07) is 0. The fourth-order valence-corrected chi connectivity index (χ4v) is 1.30. The van der Waals surface area contributed by atoms with Gasteiger partial charge in [-0.15, -0.1) is 0 Å². The largest absolute Gasteiger partial charge is 0.340 e. The zero-order chi connectivity index (χ0) is 8.97. The molecule has 1 saturated heterocycles. The van der Waals surface area contributed by atoms with Gasteiger partial charge in [-0.2, -0.15) is 0 Å². The summed E-state index contributed by atoms with van der Waals surface area (Å²) in [7, 11) is 0. The summed E-state index contributed by atoms with van der Waals surface area (Å²) in [5, 5.41) is 0. The molecular formula is C8H13N3O. The number of nitrogens with zero attached hydrogens (tertiary/aromatic N) is 3. The minimum absolute atomic E-state index is 0.137. The van der Waals surface area contributed by atoms with Crippen LogP contribution in [-0.2, 0) is 4.79 Å². The van der Waals surface area contributed by atoms with E-state index in [1.165, 1.54) is 0 Å². The van der Waals surface area contributed by atoms with E-state index < -0.39 is 0 Å². The van der Waals surface area contributed by atoms with Crippen molar-refractivity contribution in [3.63, 3.8) is 0 Å². The highest BCUT2D eigenvalue weighted by Crippen LogP contribution is 2.01. The van der Waals surface area contributed by atoms with Crippen LogP contribution in [0.4, 0.5) is 0 Å². The molecule has 1 heterocycles. The number of hydrogen-bond donors (Lipinski definition) is 0. The standard InChI is InChI=1S/C8H13N3O/c1-8(12)11-5-3-10(4-6-11)7-9-2/h3-7H2,1H3. The molecule has 12 heavy (non-hydrogen) atoms. The van der Waals surface area contributed by atoms with E-state index in [1.54, 1.807) is 6.92 Å². The molecular weight excluding hydrogens is 154 g/mol. The van der Waals surface area contributed by atoms with Gasteiger partial charge in [0, 0.05) is 33.1 Å². The second-order valence-corrected chi connectivity index (χ2v) is 2.92. The van der Waals surface area contributed by atoms with Crippen LogP contribution in [0.15, 0.2) is 0 Å². The predicted octanol–water partition coefficient (Wildman–Crippen LogP) is 0.0273. The van der Waals surface area contributed by atoms with Crippen LogP contribution in [0, 0.1) is 6.57 Å². The minimum atomic E-state index is 0.137. The van der Waals surface area contributed by atoms with Gasteiger partial charge in [-0.05, 0) is 0 Å². The molecule has 1 amide bonds. The average molecular weight is 167 g/mol. The summed E-state index contributed by atoms with van der Waals surface area (Å²) in [4.78, 5) is 18.1. The molecule has 4 nitrogen and oxygen atoms in total. The number of piperazine rings is 1. The first kappa shape index (κ1) is 9.01. The molecule has 0 bridgehead atoms. The number of rotatable bonds is 1. The molecule has 0 aliphatic carbocycles. The summed E-state index contributed by atoms with van der Waals surface area (Å²) >= 11 is 0. The van der Waals surface area contributed by atoms with Crippen LogP contribution in [0.25, 0.3) is 4.85 Å². The number of carbonyl (C=O) groups excluding carboxylic acids is 1. The van der Waals surface area contributed by atoms with Gasteiger partial charge in [0.05, 0.1) is 0 Å². The van der Waals surface area contributed by atoms with E-state index in [0.29, 0.717) is 6.67 Å². The Morgan fingerprint density at radius 1 is 1.42 bits per heavy atom. The Balaban J connectivity index is 2.30. The first-order valence-corrected chi connectivity index (χ1v) is 4.05. The monoisotopic (exact) mass is 167 g/mol. The molecule has 1 aliphatic heterocycles. The van der Waals surface area contributed by atoms with Gasteiger partial charge >= 0.3 is 0 Å². The minimum Gasteiger partial charge on any atom is -0.340 e. The summed E-state index contributed by atoms with van der Waals surface area (Å²) in [5.74, 6) is 0.137. The molecule has 1 fully saturated rings. The highest BCUT2D eigenvalue weighted by atomic mass is 16.2. The lowest BCUT2D eigenvalue weighted by atomic mass is 10.3. The normalized spacial score (nSPS) is 18.8. The molecule has 0 saturated carbocycles. The maximum absolute atomic E-state index is 10.9. The van der Waals surface area contributed by atoms with E-state index in [-0.39, 0.29) is 5.91 Å². The van der Waals surface area contributed by atoms with Gasteiger partial charge in [-0.25, -0.2) is 11.5 Å². The van der Waals surface area contributed by atoms with E-state index in [0.717, 1.165) is 26.2 Å². The molecule has 0 N–H and O–H groups in total. The van der Waals surface area contributed by atoms with E-state index in [9.17, 15) is 4.79 Å². The fraction of sp³-hybridized carbons (Fsp3) is 0.750. The van der Waals surface area contributed by atoms with E-state index >= 15 is 0 Å². The van der Waals surface area contributed by atoms with Crippen molar-refractivity contribution >= 4 is 5.91 Å². The summed E-state index contributed by atoms with van der Waals surface area (Å²) < 4.78 is 0. The van der Waals surface area contributed by atoms with Crippen LogP contribution < -0.4 is 0 Å². The lowest BCUT2D eigenvalue weighted by Gasteiger charge is -2.31. The lowest BCUT2D eigenvalue weighted by molar-refractivity contribution is -0.130. The van der Waals surface area contributed by atoms with Crippen LogP contribution in [0.1, 0.15) is 6.92 Å². The van der Waals surface area contributed by atoms with Gasteiger partial charge in [0.2, 0.25) is 5.91 Å². The quantitative estimate of drug-likeness (QED) is 0.515. The van der Waals surface area contributed by atoms with Crippen molar-refractivity contribution < 1.29 is 4.79 Å². The molecule has 0 aromatic rings. The van der Waals surface area contributed by atoms with E-state index in [4.69, 9.17) is 6.57 Å². The smallest absolute Gasteiger partial charge is 0.270 e. The summed E-state index contributed by atoms with van der Waals surface area (Å²) in [6.07, 6.45) is 0. The van der Waals surface area contributed by atoms with Gasteiger partial charge in [-0.1, -0.05) is 0 Å². The zero-order valence-corrected chi connectivity index (χ0v) is 7.29. The SMILES string of the molecule is [C-]#[N+]CN1CCN(C(C)=O)CC1. The van der Waals surface area contributed by atoms with E-state index in [2.05, 4.69) is 9.74 Å². The molecule has 0 atom stereocenters. The topological polar surface area (TPSA) is 27.9 Å². The van der Waals surface area contributed by atoms with Crippen molar-refractivity contribution in [2.24, 2.45) is 0 Å². The lowest BCUT2D eigenvalue weighted by Crippen LogP contribution is -2.47. The Bertz CT molecular complexity index is 201. The molecule has 0 aromatic heterocycles. The van der Waals surface area contributed by atoms with Crippen molar-refractivity contribution in [1.29, 1.82) is 0 Å². The molecule has 0 radical (unpaired) electrons. The second-order valence-electron chi connectivity index (χ2n) is 2.92. The van der Waals surface area contributed by atoms with Gasteiger partial charge in [0.1, 0.15) is 0 Å². The first-order chi connectivity index (χ1) is 5.74. The molecule has 0 aromatic carbocycles. The van der Waals surface area contributed by atoms with Crippen molar-refractivity contribution in [2.45, 2.75) is 6.92 Å². The van der Waals surface area contributed by atoms with Crippen LogP contribution in [-0.4, -0.2) is 48.6 Å². The number of carbonyl (C=O) groups is 1. The maximum Gasteiger partial charge on any atom is 0.270 e. The van der Waals surface area contributed by atoms with Crippen molar-refractivity contribution in [1.82, 2.24) is 9.80 Å². The highest BCUT2D eigenvalue weighted by molar-refractivity contribution is 5.73. The third-order valence-corrected chi connectivity index (χ3v) is 2.09. The van der Waals surface area contributed by atoms with Gasteiger partial charge in [0.25, 0.3) is 6.67 Å². The molecule has 0 spiro atoms. The van der Waals surface area contributed by atoms with Crippen molar-refractivity contribution in [2.75, 3.05) is 32.8 Å². The molecule has 4 heteroatoms. The Kier molecular flexibility index (Phi) is 3.06. The Hall–Kier alpha value is -1.08. The third kappa shape index (κ3) is 2.21. The Morgan fingerprint density at radius 3 is 2.42 bits per heavy atom. The predicted molar refractivity (Wildman–Crippen MR) is 45.3 cm³/mol. The van der Waals surface area contributed by atoms with Crippen molar-refractivity contribution in [3.05, 3.63) is 11.4 Å². The Morgan fingerprint density at radius 2 is 2.00 bits per heavy atom. The van der Waals surface area contributed by atoms with Crippen LogP contribution in [0.3, 0.4) is 0 Å². The molecule has 66 valence electrons. The maximum atomic E-state index is 10.9. The average Bonchev–Trinajstić information content (AvgIpc) is 2.06. The van der Waals surface area contributed by atoms with Crippen LogP contribution >= 0.6 is 0 Å². The van der Waals surface area contributed by atoms with Crippen molar-refractivity contribution in [3.8, 4) is 0 Å². The first-order valence-electron chi connectivity index (χ1n) is 4.05.